The number of halogens is 11. The summed E-state index contributed by atoms with van der Waals surface area (Å²) in [5, 5.41) is 13.0. The van der Waals surface area contributed by atoms with Crippen LogP contribution in [0.5, 0.6) is 0 Å². The summed E-state index contributed by atoms with van der Waals surface area (Å²) in [6.07, 6.45) is -18.9. The molecule has 0 aliphatic heterocycles. The summed E-state index contributed by atoms with van der Waals surface area (Å²) in [5.74, 6) is -1.96. The molecule has 0 radical (unpaired) electrons. The molecule has 2 N–H and O–H groups in total. The Morgan fingerprint density at radius 3 is 1.80 bits per heavy atom. The van der Waals surface area contributed by atoms with Crippen molar-refractivity contribution in [1.82, 2.24) is 0 Å². The number of rotatable bonds is 5. The average molecular weight is 703 g/mol. The van der Waals surface area contributed by atoms with Gasteiger partial charge in [0.2, 0.25) is 0 Å². The second kappa shape index (κ2) is 11.2. The Balaban J connectivity index is 1.97. The van der Waals surface area contributed by atoms with Crippen LogP contribution in [-0.4, -0.2) is 24.2 Å². The van der Waals surface area contributed by atoms with Crippen molar-refractivity contribution < 1.29 is 53.5 Å². The Bertz CT molecular complexity index is 1510. The third-order valence-electron chi connectivity index (χ3n) is 5.47. The lowest BCUT2D eigenvalue weighted by atomic mass is 9.92. The van der Waals surface area contributed by atoms with E-state index in [-0.39, 0.29) is 28.4 Å². The zero-order valence-corrected chi connectivity index (χ0v) is 21.9. The molecule has 0 unspecified atom stereocenters. The van der Waals surface area contributed by atoms with Crippen LogP contribution in [-0.2, 0) is 11.8 Å². The highest BCUT2D eigenvalue weighted by molar-refractivity contribution is 14.1. The molecule has 0 aliphatic carbocycles. The highest BCUT2D eigenvalue weighted by Gasteiger charge is 2.73. The van der Waals surface area contributed by atoms with Crippen LogP contribution >= 0.6 is 22.6 Å². The molecule has 0 saturated heterocycles. The molecule has 3 rings (SSSR count). The van der Waals surface area contributed by atoms with Crippen molar-refractivity contribution in [1.29, 1.82) is 5.26 Å². The molecule has 0 aliphatic rings. The normalized spacial score (nSPS) is 12.4. The van der Waals surface area contributed by atoms with E-state index in [1.807, 2.05) is 6.07 Å². The van der Waals surface area contributed by atoms with E-state index in [2.05, 4.69) is 5.32 Å². The third-order valence-corrected chi connectivity index (χ3v) is 6.32. The summed E-state index contributed by atoms with van der Waals surface area (Å²) in [6.45, 7) is 0. The van der Waals surface area contributed by atoms with Gasteiger partial charge in [0.15, 0.2) is 0 Å². The van der Waals surface area contributed by atoms with Crippen LogP contribution in [0.3, 0.4) is 0 Å². The van der Waals surface area contributed by atoms with Crippen molar-refractivity contribution in [2.45, 2.75) is 24.2 Å². The summed E-state index contributed by atoms with van der Waals surface area (Å²) in [4.78, 5) is 25.2. The maximum absolute atomic E-state index is 14.5. The van der Waals surface area contributed by atoms with Gasteiger partial charge < -0.3 is 10.6 Å². The second-order valence-corrected chi connectivity index (χ2v) is 9.37. The predicted octanol–water partition coefficient (Wildman–Crippen LogP) is 7.98. The van der Waals surface area contributed by atoms with Gasteiger partial charge >= 0.3 is 24.2 Å². The van der Waals surface area contributed by atoms with Crippen LogP contribution < -0.4 is 10.6 Å². The summed E-state index contributed by atoms with van der Waals surface area (Å²) < 4.78 is 134. The average Bonchev–Trinajstić information content (AvgIpc) is 2.87. The largest absolute Gasteiger partial charge is 0.435 e. The van der Waals surface area contributed by atoms with E-state index in [1.54, 1.807) is 5.32 Å². The molecule has 0 saturated carbocycles. The molecular formula is C25H12F10IN3O2. The molecule has 0 heterocycles. The topological polar surface area (TPSA) is 82.0 Å². The first kappa shape index (κ1) is 31.6. The van der Waals surface area contributed by atoms with Gasteiger partial charge in [0.25, 0.3) is 11.8 Å². The van der Waals surface area contributed by atoms with Crippen LogP contribution in [0, 0.1) is 14.9 Å². The Hall–Kier alpha value is -3.88. The van der Waals surface area contributed by atoms with Crippen molar-refractivity contribution in [3.8, 4) is 6.07 Å². The van der Waals surface area contributed by atoms with E-state index in [4.69, 9.17) is 5.26 Å². The van der Waals surface area contributed by atoms with E-state index >= 15 is 0 Å². The smallest absolute Gasteiger partial charge is 0.322 e. The summed E-state index contributed by atoms with van der Waals surface area (Å²) in [5.41, 5.74) is -11.9. The highest BCUT2D eigenvalue weighted by Crippen LogP contribution is 2.54. The standard InChI is InChI=1S/C25H12F10IN3O2/c26-22(24(30,31)32,25(33,34)35)15-9-17(23(27,28)29)19(18(36)10-15)39-21(41)14-2-1-3-16(8-14)38-20(40)13-6-4-12(11-37)5-7-13/h1-10H,(H,38,40)(H,39,41). The fraction of sp³-hybridized carbons (Fsp3) is 0.160. The lowest BCUT2D eigenvalue weighted by molar-refractivity contribution is -0.348. The van der Waals surface area contributed by atoms with Crippen LogP contribution in [0.25, 0.3) is 0 Å². The fourth-order valence-electron chi connectivity index (χ4n) is 3.47. The number of carbonyl (C=O) groups is 2. The van der Waals surface area contributed by atoms with Crippen molar-refractivity contribution in [2.75, 3.05) is 10.6 Å². The van der Waals surface area contributed by atoms with Gasteiger partial charge in [-0.1, -0.05) is 6.07 Å². The van der Waals surface area contributed by atoms with Gasteiger partial charge in [-0.05, 0) is 77.2 Å². The molecule has 0 fully saturated rings. The summed E-state index contributed by atoms with van der Waals surface area (Å²) in [6, 6.07) is 11.2. The molecule has 3 aromatic carbocycles. The molecule has 5 nitrogen and oxygen atoms in total. The number of carbonyl (C=O) groups excluding carboxylic acids is 2. The Kier molecular flexibility index (Phi) is 8.63. The van der Waals surface area contributed by atoms with Gasteiger partial charge in [-0.25, -0.2) is 4.39 Å². The maximum atomic E-state index is 14.5. The Morgan fingerprint density at radius 1 is 0.732 bits per heavy atom. The minimum atomic E-state index is -6.66. The molecule has 2 amide bonds. The van der Waals surface area contributed by atoms with E-state index in [0.29, 0.717) is 0 Å². The van der Waals surface area contributed by atoms with Gasteiger partial charge in [0.1, 0.15) is 0 Å². The number of hydrogen-bond donors (Lipinski definition) is 2. The number of alkyl halides is 10. The SMILES string of the molecule is N#Cc1ccc(C(=O)Nc2cccc(C(=O)Nc3c(I)cc(C(F)(C(F)(F)F)C(F)(F)F)cc3C(F)(F)F)c2)cc1. The quantitative estimate of drug-likeness (QED) is 0.209. The van der Waals surface area contributed by atoms with Crippen molar-refractivity contribution in [2.24, 2.45) is 0 Å². The lowest BCUT2D eigenvalue weighted by Gasteiger charge is -2.31. The minimum Gasteiger partial charge on any atom is -0.322 e. The molecule has 41 heavy (non-hydrogen) atoms. The van der Waals surface area contributed by atoms with Gasteiger partial charge in [-0.15, -0.1) is 0 Å². The number of benzene rings is 3. The zero-order valence-electron chi connectivity index (χ0n) is 19.7. The predicted molar refractivity (Wildman–Crippen MR) is 133 cm³/mol. The summed E-state index contributed by atoms with van der Waals surface area (Å²) in [7, 11) is 0. The van der Waals surface area contributed by atoms with Gasteiger partial charge in [-0.2, -0.15) is 44.8 Å². The molecule has 0 atom stereocenters. The van der Waals surface area contributed by atoms with Crippen molar-refractivity contribution >= 4 is 45.8 Å². The van der Waals surface area contributed by atoms with E-state index in [9.17, 15) is 53.5 Å². The maximum Gasteiger partial charge on any atom is 0.435 e. The number of nitrogens with one attached hydrogen (secondary N) is 2. The number of anilines is 2. The molecule has 216 valence electrons. The number of nitriles is 1. The van der Waals surface area contributed by atoms with Crippen LogP contribution in [0.1, 0.15) is 37.4 Å². The van der Waals surface area contributed by atoms with Gasteiger partial charge in [0, 0.05) is 25.9 Å². The van der Waals surface area contributed by atoms with Crippen LogP contribution in [0.4, 0.5) is 55.3 Å². The minimum absolute atomic E-state index is 0.00864. The zero-order chi connectivity index (χ0) is 31.0. The number of amides is 2. The molecule has 0 bridgehead atoms. The first-order chi connectivity index (χ1) is 18.8. The van der Waals surface area contributed by atoms with Crippen molar-refractivity contribution in [3.63, 3.8) is 0 Å². The lowest BCUT2D eigenvalue weighted by Crippen LogP contribution is -2.50. The van der Waals surface area contributed by atoms with Gasteiger partial charge in [-0.3, -0.25) is 9.59 Å². The Labute approximate surface area is 237 Å². The Morgan fingerprint density at radius 2 is 1.29 bits per heavy atom. The number of nitrogens with zero attached hydrogens (tertiary/aromatic N) is 1. The van der Waals surface area contributed by atoms with Gasteiger partial charge in [0.05, 0.1) is 22.9 Å². The highest BCUT2D eigenvalue weighted by atomic mass is 127. The van der Waals surface area contributed by atoms with E-state index in [1.165, 1.54) is 36.4 Å². The molecule has 0 aromatic heterocycles. The first-order valence-electron chi connectivity index (χ1n) is 10.8. The first-order valence-corrected chi connectivity index (χ1v) is 11.8. The molecule has 16 heteroatoms. The second-order valence-electron chi connectivity index (χ2n) is 8.21. The number of hydrogen-bond acceptors (Lipinski definition) is 3. The van der Waals surface area contributed by atoms with Crippen LogP contribution in [0.15, 0.2) is 60.7 Å². The van der Waals surface area contributed by atoms with E-state index < -0.39 is 62.5 Å². The monoisotopic (exact) mass is 703 g/mol. The van der Waals surface area contributed by atoms with Crippen molar-refractivity contribution in [3.05, 3.63) is 92.1 Å². The third kappa shape index (κ3) is 6.55. The molecular weight excluding hydrogens is 691 g/mol. The molecule has 0 spiro atoms. The van der Waals surface area contributed by atoms with E-state index in [0.717, 1.165) is 34.7 Å². The molecule has 3 aromatic rings. The fourth-order valence-corrected chi connectivity index (χ4v) is 4.23. The summed E-state index contributed by atoms with van der Waals surface area (Å²) >= 11 is 0.942. The van der Waals surface area contributed by atoms with Crippen LogP contribution in [0.2, 0.25) is 0 Å².